The Balaban J connectivity index is 2.38. The van der Waals surface area contributed by atoms with Crippen molar-refractivity contribution in [1.29, 1.82) is 0 Å². The summed E-state index contributed by atoms with van der Waals surface area (Å²) in [6, 6.07) is 9.06. The van der Waals surface area contributed by atoms with Gasteiger partial charge in [-0.25, -0.2) is 0 Å². The normalized spacial score (nSPS) is 10.1. The summed E-state index contributed by atoms with van der Waals surface area (Å²) in [5, 5.41) is 0. The summed E-state index contributed by atoms with van der Waals surface area (Å²) in [6.07, 6.45) is 1.68. The van der Waals surface area contributed by atoms with Crippen molar-refractivity contribution < 1.29 is 9.53 Å². The number of benzene rings is 1. The fourth-order valence-electron chi connectivity index (χ4n) is 1.47. The predicted octanol–water partition coefficient (Wildman–Crippen LogP) is 1.66. The van der Waals surface area contributed by atoms with E-state index < -0.39 is 0 Å². The number of hydrogen-bond donors (Lipinski definition) is 0. The van der Waals surface area contributed by atoms with E-state index in [2.05, 4.69) is 4.98 Å². The molecule has 0 saturated carbocycles. The van der Waals surface area contributed by atoms with Gasteiger partial charge in [0, 0.05) is 12.6 Å². The first-order chi connectivity index (χ1) is 7.72. The van der Waals surface area contributed by atoms with Gasteiger partial charge >= 0.3 is 0 Å². The molecule has 1 aromatic carbocycles. The van der Waals surface area contributed by atoms with Crippen LogP contribution < -0.4 is 4.74 Å². The molecule has 2 aromatic rings. The zero-order valence-electron chi connectivity index (χ0n) is 9.18. The van der Waals surface area contributed by atoms with Crippen molar-refractivity contribution in [3.8, 4) is 5.88 Å². The molecular weight excluding hydrogens is 204 g/mol. The van der Waals surface area contributed by atoms with Crippen LogP contribution in [0.25, 0.3) is 0 Å². The number of aryl methyl sites for hydroxylation is 1. The zero-order chi connectivity index (χ0) is 11.5. The largest absolute Gasteiger partial charge is 0.480 e. The van der Waals surface area contributed by atoms with Gasteiger partial charge in [0.2, 0.25) is 11.7 Å². The van der Waals surface area contributed by atoms with Crippen molar-refractivity contribution in [3.05, 3.63) is 47.9 Å². The number of nitrogens with zero attached hydrogens (tertiary/aromatic N) is 2. The molecule has 0 unspecified atom stereocenters. The molecule has 0 amide bonds. The highest BCUT2D eigenvalue weighted by Gasteiger charge is 2.15. The lowest BCUT2D eigenvalue weighted by atomic mass is 10.1. The monoisotopic (exact) mass is 216 g/mol. The summed E-state index contributed by atoms with van der Waals surface area (Å²) in [4.78, 5) is 16.2. The fourth-order valence-corrected chi connectivity index (χ4v) is 1.47. The standard InChI is InChI=1S/C12H12N2O2/c1-14-8-10(16-2)13-12(14)11(15)9-6-4-3-5-7-9/h3-8H,1-2H3. The van der Waals surface area contributed by atoms with Crippen LogP contribution in [0.5, 0.6) is 5.88 Å². The number of ketones is 1. The van der Waals surface area contributed by atoms with Gasteiger partial charge in [0.1, 0.15) is 0 Å². The molecule has 0 N–H and O–H groups in total. The second kappa shape index (κ2) is 4.18. The zero-order valence-corrected chi connectivity index (χ0v) is 9.18. The number of carbonyl (C=O) groups is 1. The van der Waals surface area contributed by atoms with Crippen molar-refractivity contribution in [2.24, 2.45) is 7.05 Å². The molecule has 0 saturated heterocycles. The first-order valence-corrected chi connectivity index (χ1v) is 4.89. The van der Waals surface area contributed by atoms with Crippen molar-refractivity contribution in [3.63, 3.8) is 0 Å². The lowest BCUT2D eigenvalue weighted by Crippen LogP contribution is -2.08. The Labute approximate surface area is 93.5 Å². The van der Waals surface area contributed by atoms with Crippen LogP contribution in [0.3, 0.4) is 0 Å². The van der Waals surface area contributed by atoms with Gasteiger partial charge in [0.05, 0.1) is 13.3 Å². The van der Waals surface area contributed by atoms with Crippen LogP contribution in [-0.4, -0.2) is 22.4 Å². The Hall–Kier alpha value is -2.10. The molecule has 0 aliphatic carbocycles. The number of methoxy groups -OCH3 is 1. The van der Waals surface area contributed by atoms with Gasteiger partial charge in [-0.05, 0) is 0 Å². The molecule has 0 atom stereocenters. The van der Waals surface area contributed by atoms with Gasteiger partial charge in [-0.1, -0.05) is 30.3 Å². The van der Waals surface area contributed by atoms with Gasteiger partial charge in [-0.3, -0.25) is 4.79 Å². The van der Waals surface area contributed by atoms with Crippen LogP contribution in [0.4, 0.5) is 0 Å². The van der Waals surface area contributed by atoms with Crippen LogP contribution in [0, 0.1) is 0 Å². The Morgan fingerprint density at radius 3 is 2.56 bits per heavy atom. The lowest BCUT2D eigenvalue weighted by molar-refractivity contribution is 0.102. The van der Waals surface area contributed by atoms with E-state index in [1.165, 1.54) is 7.11 Å². The van der Waals surface area contributed by atoms with E-state index in [4.69, 9.17) is 4.74 Å². The molecule has 0 radical (unpaired) electrons. The third-order valence-corrected chi connectivity index (χ3v) is 2.30. The maximum absolute atomic E-state index is 12.1. The highest BCUT2D eigenvalue weighted by Crippen LogP contribution is 2.13. The van der Waals surface area contributed by atoms with Crippen LogP contribution in [0.1, 0.15) is 16.2 Å². The van der Waals surface area contributed by atoms with Gasteiger partial charge in [-0.15, -0.1) is 0 Å². The molecule has 0 fully saturated rings. The number of ether oxygens (including phenoxy) is 1. The minimum atomic E-state index is -0.105. The van der Waals surface area contributed by atoms with E-state index in [0.717, 1.165) is 0 Å². The molecule has 4 heteroatoms. The molecule has 16 heavy (non-hydrogen) atoms. The molecule has 1 aromatic heterocycles. The molecule has 82 valence electrons. The van der Waals surface area contributed by atoms with Crippen LogP contribution in [0.15, 0.2) is 36.5 Å². The molecule has 0 bridgehead atoms. The van der Waals surface area contributed by atoms with E-state index in [1.807, 2.05) is 18.2 Å². The molecule has 0 spiro atoms. The minimum absolute atomic E-state index is 0.105. The quantitative estimate of drug-likeness (QED) is 0.733. The summed E-state index contributed by atoms with van der Waals surface area (Å²) in [5.74, 6) is 0.719. The average molecular weight is 216 g/mol. The number of imidazole rings is 1. The number of aromatic nitrogens is 2. The molecule has 0 aliphatic rings. The predicted molar refractivity (Wildman–Crippen MR) is 59.6 cm³/mol. The summed E-state index contributed by atoms with van der Waals surface area (Å²) in [7, 11) is 3.30. The van der Waals surface area contributed by atoms with Gasteiger partial charge < -0.3 is 9.30 Å². The average Bonchev–Trinajstić information content (AvgIpc) is 2.71. The van der Waals surface area contributed by atoms with E-state index >= 15 is 0 Å². The number of carbonyl (C=O) groups excluding carboxylic acids is 1. The van der Waals surface area contributed by atoms with Gasteiger partial charge in [-0.2, -0.15) is 4.98 Å². The SMILES string of the molecule is COc1cn(C)c(C(=O)c2ccccc2)n1. The summed E-state index contributed by atoms with van der Waals surface area (Å²) in [5.41, 5.74) is 0.624. The molecule has 4 nitrogen and oxygen atoms in total. The van der Waals surface area contributed by atoms with E-state index in [-0.39, 0.29) is 5.78 Å². The van der Waals surface area contributed by atoms with Crippen LogP contribution in [-0.2, 0) is 7.05 Å². The van der Waals surface area contributed by atoms with Gasteiger partial charge in [0.15, 0.2) is 5.82 Å². The minimum Gasteiger partial charge on any atom is -0.480 e. The molecule has 2 rings (SSSR count). The Morgan fingerprint density at radius 2 is 2.00 bits per heavy atom. The van der Waals surface area contributed by atoms with E-state index in [9.17, 15) is 4.79 Å². The highest BCUT2D eigenvalue weighted by atomic mass is 16.5. The number of rotatable bonds is 3. The molecular formula is C12H12N2O2. The topological polar surface area (TPSA) is 44.1 Å². The summed E-state index contributed by atoms with van der Waals surface area (Å²) < 4.78 is 6.64. The second-order valence-corrected chi connectivity index (χ2v) is 3.41. The van der Waals surface area contributed by atoms with Crippen molar-refractivity contribution in [2.45, 2.75) is 0 Å². The Bertz CT molecular complexity index is 503. The molecule has 0 aliphatic heterocycles. The number of hydrogen-bond acceptors (Lipinski definition) is 3. The summed E-state index contributed by atoms with van der Waals surface area (Å²) in [6.45, 7) is 0. The highest BCUT2D eigenvalue weighted by molar-refractivity contribution is 6.06. The van der Waals surface area contributed by atoms with E-state index in [1.54, 1.807) is 29.9 Å². The third kappa shape index (κ3) is 1.82. The summed E-state index contributed by atoms with van der Waals surface area (Å²) >= 11 is 0. The van der Waals surface area contributed by atoms with Gasteiger partial charge in [0.25, 0.3) is 0 Å². The first-order valence-electron chi connectivity index (χ1n) is 4.89. The second-order valence-electron chi connectivity index (χ2n) is 3.41. The van der Waals surface area contributed by atoms with Crippen molar-refractivity contribution in [1.82, 2.24) is 9.55 Å². The first kappa shape index (κ1) is 10.4. The van der Waals surface area contributed by atoms with E-state index in [0.29, 0.717) is 17.3 Å². The van der Waals surface area contributed by atoms with Crippen LogP contribution in [0.2, 0.25) is 0 Å². The van der Waals surface area contributed by atoms with Crippen molar-refractivity contribution >= 4 is 5.78 Å². The molecule has 1 heterocycles. The smallest absolute Gasteiger partial charge is 0.232 e. The maximum atomic E-state index is 12.1. The fraction of sp³-hybridized carbons (Fsp3) is 0.167. The van der Waals surface area contributed by atoms with Crippen LogP contribution >= 0.6 is 0 Å². The maximum Gasteiger partial charge on any atom is 0.232 e. The Kier molecular flexibility index (Phi) is 2.72. The van der Waals surface area contributed by atoms with Crippen molar-refractivity contribution in [2.75, 3.05) is 7.11 Å². The third-order valence-electron chi connectivity index (χ3n) is 2.30. The Morgan fingerprint density at radius 1 is 1.31 bits per heavy atom. The lowest BCUT2D eigenvalue weighted by Gasteiger charge is -1.99.